The summed E-state index contributed by atoms with van der Waals surface area (Å²) in [6, 6.07) is -0.626. The molecule has 2 unspecified atom stereocenters. The third-order valence-electron chi connectivity index (χ3n) is 8.46. The first-order chi connectivity index (χ1) is 25.1. The molecule has 0 saturated carbocycles. The molecule has 0 rings (SSSR count). The molecule has 2 atom stereocenters. The summed E-state index contributed by atoms with van der Waals surface area (Å²) in [5.74, 6) is -1.55. The molecule has 0 saturated heterocycles. The van der Waals surface area contributed by atoms with E-state index in [0.717, 1.165) is 64.2 Å². The minimum atomic E-state index is -0.888. The molecule has 0 aliphatic rings. The minimum Gasteiger partial charge on any atom is -0.477 e. The lowest BCUT2D eigenvalue weighted by atomic mass is 10.1. The Hall–Kier alpha value is -3.23. The van der Waals surface area contributed by atoms with Gasteiger partial charge in [0, 0.05) is 19.3 Å². The van der Waals surface area contributed by atoms with Crippen LogP contribution in [0.4, 0.5) is 0 Å². The molecule has 0 fully saturated rings. The van der Waals surface area contributed by atoms with Gasteiger partial charge in [0.25, 0.3) is 0 Å². The van der Waals surface area contributed by atoms with Gasteiger partial charge in [-0.3, -0.25) is 9.59 Å². The SMILES string of the molecule is CC/C=C/C=C/C=C/C=C/CCCCCC(=O)OC(COCCC(C(=O)O)[N+](C)(C)C)COC(=O)CCCCCCCC/C=C/C=C/CCCCC. The molecule has 0 heterocycles. The van der Waals surface area contributed by atoms with Gasteiger partial charge in [-0.15, -0.1) is 0 Å². The molecule has 1 N–H and O–H groups in total. The summed E-state index contributed by atoms with van der Waals surface area (Å²) in [5, 5.41) is 9.59. The van der Waals surface area contributed by atoms with Gasteiger partial charge in [-0.1, -0.05) is 132 Å². The van der Waals surface area contributed by atoms with E-state index in [1.54, 1.807) is 0 Å². The van der Waals surface area contributed by atoms with Gasteiger partial charge in [0.1, 0.15) is 6.61 Å². The van der Waals surface area contributed by atoms with E-state index in [0.29, 0.717) is 19.3 Å². The van der Waals surface area contributed by atoms with Gasteiger partial charge in [-0.05, 0) is 57.8 Å². The Morgan fingerprint density at radius 2 is 1.08 bits per heavy atom. The average Bonchev–Trinajstić information content (AvgIpc) is 3.09. The predicted molar refractivity (Wildman–Crippen MR) is 215 cm³/mol. The largest absolute Gasteiger partial charge is 0.477 e. The van der Waals surface area contributed by atoms with E-state index in [4.69, 9.17) is 14.2 Å². The first-order valence-corrected chi connectivity index (χ1v) is 20.0. The Morgan fingerprint density at radius 3 is 1.63 bits per heavy atom. The fourth-order valence-electron chi connectivity index (χ4n) is 5.33. The van der Waals surface area contributed by atoms with E-state index >= 15 is 0 Å². The Labute approximate surface area is 317 Å². The average molecular weight is 729 g/mol. The molecule has 0 spiro atoms. The number of hydrogen-bond acceptors (Lipinski definition) is 6. The number of carbonyl (C=O) groups excluding carboxylic acids is 2. The third-order valence-corrected chi connectivity index (χ3v) is 8.46. The highest BCUT2D eigenvalue weighted by Crippen LogP contribution is 2.12. The lowest BCUT2D eigenvalue weighted by Gasteiger charge is -2.31. The molecule has 8 nitrogen and oxygen atoms in total. The number of carboxylic acids is 1. The molecule has 52 heavy (non-hydrogen) atoms. The van der Waals surface area contributed by atoms with Crippen LogP contribution in [0.3, 0.4) is 0 Å². The number of carbonyl (C=O) groups is 3. The number of ether oxygens (including phenoxy) is 3. The van der Waals surface area contributed by atoms with Crippen molar-refractivity contribution < 1.29 is 38.2 Å². The van der Waals surface area contributed by atoms with E-state index in [1.807, 2.05) is 57.6 Å². The quantitative estimate of drug-likeness (QED) is 0.0305. The fourth-order valence-corrected chi connectivity index (χ4v) is 5.33. The second-order valence-electron chi connectivity index (χ2n) is 14.3. The van der Waals surface area contributed by atoms with Crippen molar-refractivity contribution in [2.24, 2.45) is 0 Å². The smallest absolute Gasteiger partial charge is 0.362 e. The number of carboxylic acid groups (broad SMARTS) is 1. The maximum absolute atomic E-state index is 12.7. The Kier molecular flexibility index (Phi) is 32.7. The lowest BCUT2D eigenvalue weighted by Crippen LogP contribution is -2.50. The summed E-state index contributed by atoms with van der Waals surface area (Å²) >= 11 is 0. The summed E-state index contributed by atoms with van der Waals surface area (Å²) in [6.07, 6.45) is 42.3. The highest BCUT2D eigenvalue weighted by molar-refractivity contribution is 5.72. The van der Waals surface area contributed by atoms with Gasteiger partial charge >= 0.3 is 17.9 Å². The monoisotopic (exact) mass is 729 g/mol. The van der Waals surface area contributed by atoms with Crippen molar-refractivity contribution in [3.63, 3.8) is 0 Å². The van der Waals surface area contributed by atoms with Gasteiger partial charge < -0.3 is 23.8 Å². The van der Waals surface area contributed by atoms with E-state index in [9.17, 15) is 19.5 Å². The van der Waals surface area contributed by atoms with Crippen LogP contribution in [0.2, 0.25) is 0 Å². The molecule has 296 valence electrons. The standard InChI is InChI=1S/C44H73NO7/c1-6-8-10-12-14-16-18-20-21-23-24-26-28-30-32-34-42(46)51-39-40(38-50-37-36-41(44(48)49)45(3,4)5)52-43(47)35-33-31-29-27-25-22-19-17-15-13-11-9-7-2/h9,11,13-20,22,25,40-41H,6-8,10,12,21,23-24,26-39H2,1-5H3/p+1/b11-9+,15-13+,16-14+,19-17+,20-18+,25-22+. The normalized spacial score (nSPS) is 13.8. The number of allylic oxidation sites excluding steroid dienone is 12. The highest BCUT2D eigenvalue weighted by Gasteiger charge is 2.31. The molecule has 0 amide bonds. The van der Waals surface area contributed by atoms with Crippen molar-refractivity contribution in [2.75, 3.05) is 41.0 Å². The number of hydrogen-bond donors (Lipinski definition) is 1. The first kappa shape index (κ1) is 48.8. The Balaban J connectivity index is 4.50. The molecule has 0 bridgehead atoms. The zero-order valence-corrected chi connectivity index (χ0v) is 33.5. The molecule has 0 radical (unpaired) electrons. The van der Waals surface area contributed by atoms with E-state index in [-0.39, 0.29) is 42.7 Å². The number of unbranched alkanes of at least 4 members (excludes halogenated alkanes) is 12. The Morgan fingerprint density at radius 1 is 0.596 bits per heavy atom. The van der Waals surface area contributed by atoms with Crippen LogP contribution in [0, 0.1) is 0 Å². The van der Waals surface area contributed by atoms with Crippen LogP contribution in [0.5, 0.6) is 0 Å². The highest BCUT2D eigenvalue weighted by atomic mass is 16.6. The molecular weight excluding hydrogens is 654 g/mol. The van der Waals surface area contributed by atoms with E-state index in [2.05, 4.69) is 50.3 Å². The van der Waals surface area contributed by atoms with Crippen LogP contribution in [-0.2, 0) is 28.6 Å². The molecule has 8 heteroatoms. The maximum Gasteiger partial charge on any atom is 0.362 e. The number of aliphatic carboxylic acids is 1. The Bertz CT molecular complexity index is 1080. The second-order valence-corrected chi connectivity index (χ2v) is 14.3. The predicted octanol–water partition coefficient (Wildman–Crippen LogP) is 10.4. The van der Waals surface area contributed by atoms with E-state index < -0.39 is 18.1 Å². The van der Waals surface area contributed by atoms with Gasteiger partial charge in [0.15, 0.2) is 12.1 Å². The molecule has 0 aromatic rings. The number of rotatable bonds is 34. The zero-order valence-electron chi connectivity index (χ0n) is 33.5. The summed E-state index contributed by atoms with van der Waals surface area (Å²) in [7, 11) is 5.49. The first-order valence-electron chi connectivity index (χ1n) is 20.0. The van der Waals surface area contributed by atoms with Gasteiger partial charge in [-0.2, -0.15) is 0 Å². The van der Waals surface area contributed by atoms with Gasteiger partial charge in [-0.25, -0.2) is 4.79 Å². The summed E-state index contributed by atoms with van der Waals surface area (Å²) in [4.78, 5) is 36.8. The third kappa shape index (κ3) is 32.7. The van der Waals surface area contributed by atoms with Crippen molar-refractivity contribution in [2.45, 2.75) is 148 Å². The number of nitrogens with zero attached hydrogens (tertiary/aromatic N) is 1. The molecular formula is C44H74NO7+. The zero-order chi connectivity index (χ0) is 38.5. The second kappa shape index (κ2) is 34.8. The van der Waals surface area contributed by atoms with Gasteiger partial charge in [0.2, 0.25) is 0 Å². The van der Waals surface area contributed by atoms with Crippen molar-refractivity contribution in [1.29, 1.82) is 0 Å². The van der Waals surface area contributed by atoms with E-state index in [1.165, 1.54) is 32.1 Å². The number of likely N-dealkylation sites (N-methyl/N-ethyl adjacent to an activating group) is 1. The maximum atomic E-state index is 12.7. The van der Waals surface area contributed by atoms with Gasteiger partial charge in [0.05, 0.1) is 34.4 Å². The summed E-state index contributed by atoms with van der Waals surface area (Å²) in [6.45, 7) is 4.48. The van der Waals surface area contributed by atoms with Crippen LogP contribution in [0.1, 0.15) is 136 Å². The van der Waals surface area contributed by atoms with Crippen LogP contribution in [0.25, 0.3) is 0 Å². The molecule has 0 aliphatic heterocycles. The lowest BCUT2D eigenvalue weighted by molar-refractivity contribution is -0.887. The number of quaternary nitrogens is 1. The van der Waals surface area contributed by atoms with Crippen molar-refractivity contribution in [1.82, 2.24) is 0 Å². The van der Waals surface area contributed by atoms with Crippen LogP contribution >= 0.6 is 0 Å². The molecule has 0 aliphatic carbocycles. The van der Waals surface area contributed by atoms with Crippen molar-refractivity contribution in [3.05, 3.63) is 72.9 Å². The van der Waals surface area contributed by atoms with Crippen LogP contribution in [-0.4, -0.2) is 80.6 Å². The molecule has 0 aromatic heterocycles. The number of esters is 2. The summed E-state index contributed by atoms with van der Waals surface area (Å²) < 4.78 is 17.2. The van der Waals surface area contributed by atoms with Crippen LogP contribution in [0.15, 0.2) is 72.9 Å². The van der Waals surface area contributed by atoms with Crippen molar-refractivity contribution in [3.8, 4) is 0 Å². The van der Waals surface area contributed by atoms with Crippen molar-refractivity contribution >= 4 is 17.9 Å². The van der Waals surface area contributed by atoms with Crippen LogP contribution < -0.4 is 0 Å². The topological polar surface area (TPSA) is 99.1 Å². The fraction of sp³-hybridized carbons (Fsp3) is 0.659. The molecule has 0 aromatic carbocycles. The minimum absolute atomic E-state index is 0.0370. The summed E-state index contributed by atoms with van der Waals surface area (Å²) in [5.41, 5.74) is 0.